The summed E-state index contributed by atoms with van der Waals surface area (Å²) in [6.45, 7) is 0. The number of anilines is 1. The number of amides is 2. The van der Waals surface area contributed by atoms with E-state index in [1.165, 1.54) is 18.0 Å². The van der Waals surface area contributed by atoms with E-state index in [0.29, 0.717) is 10.7 Å². The Hall–Kier alpha value is -2.23. The van der Waals surface area contributed by atoms with Crippen LogP contribution in [-0.2, 0) is 15.8 Å². The summed E-state index contributed by atoms with van der Waals surface area (Å²) in [5.41, 5.74) is -0.683. The quantitative estimate of drug-likeness (QED) is 0.627. The molecule has 2 amide bonds. The van der Waals surface area contributed by atoms with Crippen molar-refractivity contribution < 1.29 is 22.8 Å². The summed E-state index contributed by atoms with van der Waals surface area (Å²) in [4.78, 5) is 30.3. The van der Waals surface area contributed by atoms with Crippen LogP contribution in [0.3, 0.4) is 0 Å². The van der Waals surface area contributed by atoms with E-state index >= 15 is 0 Å². The van der Waals surface area contributed by atoms with Crippen LogP contribution in [0.4, 0.5) is 24.5 Å². The first-order chi connectivity index (χ1) is 14.1. The van der Waals surface area contributed by atoms with Gasteiger partial charge in [-0.3, -0.25) is 14.5 Å². The largest absolute Gasteiger partial charge is 0.417 e. The lowest BCUT2D eigenvalue weighted by atomic mass is 10.2. The molecule has 1 fully saturated rings. The molecule has 1 saturated heterocycles. The van der Waals surface area contributed by atoms with Gasteiger partial charge < -0.3 is 5.32 Å². The molecule has 1 aliphatic heterocycles. The van der Waals surface area contributed by atoms with Gasteiger partial charge in [0.25, 0.3) is 0 Å². The molecule has 1 N–H and O–H groups in total. The Bertz CT molecular complexity index is 1030. The van der Waals surface area contributed by atoms with Crippen molar-refractivity contribution in [2.75, 3.05) is 12.4 Å². The Kier molecular flexibility index (Phi) is 6.64. The molecular formula is C19H14Cl2F3N3O2S. The number of thioether (sulfide) groups is 1. The number of hydrogen-bond donors (Lipinski definition) is 1. The van der Waals surface area contributed by atoms with Gasteiger partial charge in [-0.25, -0.2) is 4.99 Å². The number of aliphatic imine (C=N–C) groups is 1. The zero-order valence-corrected chi connectivity index (χ0v) is 17.7. The number of halogens is 5. The molecule has 0 radical (unpaired) electrons. The zero-order chi connectivity index (χ0) is 22.1. The van der Waals surface area contributed by atoms with Gasteiger partial charge in [-0.1, -0.05) is 47.1 Å². The molecule has 2 aromatic carbocycles. The summed E-state index contributed by atoms with van der Waals surface area (Å²) >= 11 is 12.6. The fourth-order valence-corrected chi connectivity index (χ4v) is 4.06. The van der Waals surface area contributed by atoms with Gasteiger partial charge in [-0.05, 0) is 30.3 Å². The smallest absolute Gasteiger partial charge is 0.324 e. The minimum Gasteiger partial charge on any atom is -0.324 e. The molecular weight excluding hydrogens is 462 g/mol. The number of hydrogen-bond acceptors (Lipinski definition) is 4. The van der Waals surface area contributed by atoms with E-state index in [1.807, 2.05) is 0 Å². The van der Waals surface area contributed by atoms with Crippen molar-refractivity contribution in [3.8, 4) is 0 Å². The van der Waals surface area contributed by atoms with Gasteiger partial charge in [0.15, 0.2) is 5.17 Å². The molecule has 2 aromatic rings. The SMILES string of the molecule is CN1C(=O)CC(C(=O)Nc2ccccc2Cl)SC1=Nc1ccc(Cl)c(C(F)(F)F)c1. The molecule has 0 bridgehead atoms. The van der Waals surface area contributed by atoms with Gasteiger partial charge in [-0.15, -0.1) is 0 Å². The van der Waals surface area contributed by atoms with Crippen molar-refractivity contribution in [2.45, 2.75) is 17.8 Å². The number of amidine groups is 1. The number of nitrogens with one attached hydrogen (secondary N) is 1. The van der Waals surface area contributed by atoms with Crippen molar-refractivity contribution >= 4 is 63.3 Å². The van der Waals surface area contributed by atoms with E-state index in [-0.39, 0.29) is 17.3 Å². The van der Waals surface area contributed by atoms with Crippen LogP contribution >= 0.6 is 35.0 Å². The first kappa shape index (κ1) is 22.5. The van der Waals surface area contributed by atoms with E-state index in [9.17, 15) is 22.8 Å². The number of nitrogens with zero attached hydrogens (tertiary/aromatic N) is 2. The summed E-state index contributed by atoms with van der Waals surface area (Å²) in [5, 5.41) is 1.81. The summed E-state index contributed by atoms with van der Waals surface area (Å²) < 4.78 is 39.3. The van der Waals surface area contributed by atoms with E-state index in [0.717, 1.165) is 23.9 Å². The Morgan fingerprint density at radius 2 is 1.90 bits per heavy atom. The van der Waals surface area contributed by atoms with Crippen molar-refractivity contribution in [2.24, 2.45) is 4.99 Å². The summed E-state index contributed by atoms with van der Waals surface area (Å²) in [6.07, 6.45) is -4.74. The molecule has 0 aromatic heterocycles. The topological polar surface area (TPSA) is 61.8 Å². The van der Waals surface area contributed by atoms with Gasteiger partial charge in [0.2, 0.25) is 11.8 Å². The predicted molar refractivity (Wildman–Crippen MR) is 112 cm³/mol. The summed E-state index contributed by atoms with van der Waals surface area (Å²) in [5.74, 6) is -0.855. The Labute approximate surface area is 184 Å². The van der Waals surface area contributed by atoms with Crippen LogP contribution in [0.25, 0.3) is 0 Å². The molecule has 1 atom stereocenters. The lowest BCUT2D eigenvalue weighted by Gasteiger charge is -2.29. The molecule has 11 heteroatoms. The average molecular weight is 476 g/mol. The highest BCUT2D eigenvalue weighted by Crippen LogP contribution is 2.37. The molecule has 1 aliphatic rings. The lowest BCUT2D eigenvalue weighted by molar-refractivity contribution is -0.137. The maximum Gasteiger partial charge on any atom is 0.417 e. The standard InChI is InChI=1S/C19H14Cl2F3N3O2S/c1-27-16(28)9-15(17(29)26-14-5-3-2-4-13(14)21)30-18(27)25-10-6-7-12(20)11(8-10)19(22,23)24/h2-8,15H,9H2,1H3,(H,26,29). The van der Waals surface area contributed by atoms with E-state index in [2.05, 4.69) is 10.3 Å². The fraction of sp³-hybridized carbons (Fsp3) is 0.211. The van der Waals surface area contributed by atoms with E-state index < -0.39 is 33.8 Å². The first-order valence-electron chi connectivity index (χ1n) is 8.50. The maximum atomic E-state index is 13.1. The van der Waals surface area contributed by atoms with Crippen LogP contribution in [0.5, 0.6) is 0 Å². The zero-order valence-electron chi connectivity index (χ0n) is 15.3. The second-order valence-corrected chi connectivity index (χ2v) is 8.27. The molecule has 5 nitrogen and oxygen atoms in total. The average Bonchev–Trinajstić information content (AvgIpc) is 2.67. The highest BCUT2D eigenvalue weighted by molar-refractivity contribution is 8.15. The monoisotopic (exact) mass is 475 g/mol. The Morgan fingerprint density at radius 1 is 1.20 bits per heavy atom. The van der Waals surface area contributed by atoms with Crippen LogP contribution in [0, 0.1) is 0 Å². The molecule has 30 heavy (non-hydrogen) atoms. The fourth-order valence-electron chi connectivity index (χ4n) is 2.58. The van der Waals surface area contributed by atoms with Crippen LogP contribution < -0.4 is 5.32 Å². The van der Waals surface area contributed by atoms with Gasteiger partial charge in [0.05, 0.1) is 27.0 Å². The lowest BCUT2D eigenvalue weighted by Crippen LogP contribution is -2.43. The minimum absolute atomic E-state index is 0.0407. The second-order valence-electron chi connectivity index (χ2n) is 6.29. The predicted octanol–water partition coefficient (Wildman–Crippen LogP) is 5.60. The van der Waals surface area contributed by atoms with Crippen LogP contribution in [0.1, 0.15) is 12.0 Å². The molecule has 1 unspecified atom stereocenters. The van der Waals surface area contributed by atoms with E-state index in [4.69, 9.17) is 23.2 Å². The van der Waals surface area contributed by atoms with Crippen molar-refractivity contribution in [3.63, 3.8) is 0 Å². The number of carbonyl (C=O) groups excluding carboxylic acids is 2. The molecule has 0 spiro atoms. The van der Waals surface area contributed by atoms with Gasteiger partial charge in [0, 0.05) is 13.5 Å². The van der Waals surface area contributed by atoms with Crippen molar-refractivity contribution in [1.29, 1.82) is 0 Å². The van der Waals surface area contributed by atoms with Gasteiger partial charge >= 0.3 is 6.18 Å². The molecule has 0 aliphatic carbocycles. The summed E-state index contributed by atoms with van der Waals surface area (Å²) in [6, 6.07) is 9.80. The minimum atomic E-state index is -4.65. The van der Waals surface area contributed by atoms with Crippen molar-refractivity contribution in [3.05, 3.63) is 58.1 Å². The molecule has 3 rings (SSSR count). The van der Waals surface area contributed by atoms with Crippen LogP contribution in [-0.4, -0.2) is 34.2 Å². The van der Waals surface area contributed by atoms with Gasteiger partial charge in [-0.2, -0.15) is 13.2 Å². The third-order valence-corrected chi connectivity index (χ3v) is 6.07. The number of carbonyl (C=O) groups is 2. The maximum absolute atomic E-state index is 13.1. The Morgan fingerprint density at radius 3 is 2.57 bits per heavy atom. The van der Waals surface area contributed by atoms with E-state index in [1.54, 1.807) is 24.3 Å². The molecule has 1 heterocycles. The third-order valence-electron chi connectivity index (χ3n) is 4.17. The number of benzene rings is 2. The van der Waals surface area contributed by atoms with Crippen molar-refractivity contribution in [1.82, 2.24) is 4.90 Å². The summed E-state index contributed by atoms with van der Waals surface area (Å²) in [7, 11) is 1.44. The number of alkyl halides is 3. The highest BCUT2D eigenvalue weighted by Gasteiger charge is 2.35. The third kappa shape index (κ3) is 5.08. The van der Waals surface area contributed by atoms with Gasteiger partial charge in [0.1, 0.15) is 5.25 Å². The first-order valence-corrected chi connectivity index (χ1v) is 10.1. The number of rotatable bonds is 3. The number of para-hydroxylation sites is 1. The Balaban J connectivity index is 1.85. The normalized spacial score (nSPS) is 18.6. The van der Waals surface area contributed by atoms with Crippen LogP contribution in [0.15, 0.2) is 47.5 Å². The molecule has 158 valence electrons. The van der Waals surface area contributed by atoms with Crippen LogP contribution in [0.2, 0.25) is 10.0 Å². The second kappa shape index (κ2) is 8.87. The highest BCUT2D eigenvalue weighted by atomic mass is 35.5. The molecule has 0 saturated carbocycles.